The molecule has 0 fully saturated rings. The largest absolute Gasteiger partial charge is 0.368 e. The summed E-state index contributed by atoms with van der Waals surface area (Å²) in [7, 11) is -3.89. The van der Waals surface area contributed by atoms with Gasteiger partial charge < -0.3 is 4.90 Å². The van der Waals surface area contributed by atoms with Crippen LogP contribution in [0.15, 0.2) is 18.2 Å². The van der Waals surface area contributed by atoms with Crippen LogP contribution in [0, 0.1) is 0 Å². The number of unbranched alkanes of at least 4 members (excludes halogenated alkanes) is 1. The summed E-state index contributed by atoms with van der Waals surface area (Å²) in [6, 6.07) is 6.07. The van der Waals surface area contributed by atoms with Crippen molar-refractivity contribution in [2.45, 2.75) is 52.0 Å². The van der Waals surface area contributed by atoms with Crippen molar-refractivity contribution in [1.29, 1.82) is 0 Å². The number of fused-ring (bicyclic) bond motifs is 1. The van der Waals surface area contributed by atoms with Gasteiger partial charge in [-0.05, 0) is 50.5 Å². The average Bonchev–Trinajstić information content (AvgIpc) is 2.62. The quantitative estimate of drug-likeness (QED) is 0.490. The highest BCUT2D eigenvalue weighted by Crippen LogP contribution is 2.45. The number of benzene rings is 1. The molecule has 2 rings (SSSR count). The smallest absolute Gasteiger partial charge is 0.264 e. The van der Waals surface area contributed by atoms with Gasteiger partial charge in [-0.2, -0.15) is 8.42 Å². The molecule has 5 nitrogen and oxygen atoms in total. The third kappa shape index (κ3) is 3.75. The Morgan fingerprint density at radius 3 is 2.52 bits per heavy atom. The van der Waals surface area contributed by atoms with Crippen LogP contribution in [0.1, 0.15) is 56.5 Å². The van der Waals surface area contributed by atoms with Crippen LogP contribution in [0.5, 0.6) is 0 Å². The van der Waals surface area contributed by atoms with Gasteiger partial charge in [0.25, 0.3) is 10.1 Å². The molecule has 0 aliphatic carbocycles. The summed E-state index contributed by atoms with van der Waals surface area (Å²) in [5.74, 6) is -0.141. The lowest BCUT2D eigenvalue weighted by Crippen LogP contribution is -2.39. The molecule has 128 valence electrons. The van der Waals surface area contributed by atoms with Crippen molar-refractivity contribution in [2.75, 3.05) is 17.2 Å². The molecule has 0 amide bonds. The van der Waals surface area contributed by atoms with Crippen LogP contribution in [-0.4, -0.2) is 37.1 Å². The molecule has 1 aliphatic rings. The molecule has 0 spiro atoms. The van der Waals surface area contributed by atoms with Crippen LogP contribution < -0.4 is 4.90 Å². The summed E-state index contributed by atoms with van der Waals surface area (Å²) in [5, 5.41) is 0. The second-order valence-corrected chi connectivity index (χ2v) is 8.44. The Morgan fingerprint density at radius 1 is 1.30 bits per heavy atom. The van der Waals surface area contributed by atoms with Crippen LogP contribution in [0.4, 0.5) is 5.69 Å². The maximum absolute atomic E-state index is 11.6. The minimum absolute atomic E-state index is 0.0582. The van der Waals surface area contributed by atoms with E-state index in [1.165, 1.54) is 0 Å². The van der Waals surface area contributed by atoms with Gasteiger partial charge in [0.1, 0.15) is 0 Å². The molecule has 0 saturated heterocycles. The second-order valence-electron chi connectivity index (χ2n) is 6.87. The number of nitrogens with zero attached hydrogens (tertiary/aromatic N) is 1. The fourth-order valence-electron chi connectivity index (χ4n) is 3.23. The lowest BCUT2D eigenvalue weighted by atomic mass is 9.80. The Labute approximate surface area is 138 Å². The lowest BCUT2D eigenvalue weighted by Gasteiger charge is -2.31. The first-order chi connectivity index (χ1) is 10.5. The fourth-order valence-corrected chi connectivity index (χ4v) is 3.79. The maximum Gasteiger partial charge on any atom is 0.264 e. The number of anilines is 1. The Bertz CT molecular complexity index is 709. The number of Topliss-reactive ketones (excluding diaryl/α,β-unsaturated/α-hetero) is 1. The first kappa shape index (κ1) is 17.9. The normalized spacial score (nSPS) is 19.7. The molecule has 1 N–H and O–H groups in total. The van der Waals surface area contributed by atoms with Crippen molar-refractivity contribution < 1.29 is 17.8 Å². The lowest BCUT2D eigenvalue weighted by molar-refractivity contribution is 0.101. The number of ketones is 1. The van der Waals surface area contributed by atoms with Crippen molar-refractivity contribution in [1.82, 2.24) is 0 Å². The van der Waals surface area contributed by atoms with Crippen LogP contribution >= 0.6 is 0 Å². The highest BCUT2D eigenvalue weighted by Gasteiger charge is 2.41. The molecule has 6 heteroatoms. The molecule has 1 aromatic carbocycles. The van der Waals surface area contributed by atoms with E-state index in [2.05, 4.69) is 25.7 Å². The maximum atomic E-state index is 11.6. The third-order valence-electron chi connectivity index (χ3n) is 4.97. The highest BCUT2D eigenvalue weighted by atomic mass is 32.2. The zero-order valence-electron chi connectivity index (χ0n) is 14.2. The van der Waals surface area contributed by atoms with E-state index in [1.54, 1.807) is 6.92 Å². The molecule has 1 atom stereocenters. The number of rotatable bonds is 6. The zero-order valence-corrected chi connectivity index (χ0v) is 15.0. The molecular weight excluding hydrogens is 314 g/mol. The number of hydrogen-bond acceptors (Lipinski definition) is 4. The predicted molar refractivity (Wildman–Crippen MR) is 91.9 cm³/mol. The van der Waals surface area contributed by atoms with Crippen molar-refractivity contribution in [3.63, 3.8) is 0 Å². The van der Waals surface area contributed by atoms with Crippen LogP contribution in [0.2, 0.25) is 0 Å². The van der Waals surface area contributed by atoms with Crippen LogP contribution in [-0.2, 0) is 15.5 Å². The van der Waals surface area contributed by atoms with Crippen LogP contribution in [0.3, 0.4) is 0 Å². The summed E-state index contributed by atoms with van der Waals surface area (Å²) in [6.07, 6.45) is 1.12. The van der Waals surface area contributed by atoms with E-state index in [0.717, 1.165) is 23.4 Å². The highest BCUT2D eigenvalue weighted by molar-refractivity contribution is 7.85. The summed E-state index contributed by atoms with van der Waals surface area (Å²) in [4.78, 5) is 13.9. The standard InChI is InChI=1S/C17H25NO4S/c1-12(19)14-7-8-16-15(11-14)17(3,4)13(2)18(16)9-5-6-10-23(20,21)22/h7-8,11,13H,5-6,9-10H2,1-4H3,(H,20,21,22). The average molecular weight is 339 g/mol. The van der Waals surface area contributed by atoms with E-state index in [4.69, 9.17) is 4.55 Å². The van der Waals surface area contributed by atoms with E-state index < -0.39 is 10.1 Å². The Kier molecular flexibility index (Phi) is 4.87. The van der Waals surface area contributed by atoms with Crippen molar-refractivity contribution in [3.05, 3.63) is 29.3 Å². The van der Waals surface area contributed by atoms with E-state index >= 15 is 0 Å². The van der Waals surface area contributed by atoms with E-state index in [9.17, 15) is 13.2 Å². The molecule has 1 heterocycles. The van der Waals surface area contributed by atoms with Gasteiger partial charge in [-0.15, -0.1) is 0 Å². The first-order valence-electron chi connectivity index (χ1n) is 7.91. The van der Waals surface area contributed by atoms with Gasteiger partial charge >= 0.3 is 0 Å². The molecule has 23 heavy (non-hydrogen) atoms. The van der Waals surface area contributed by atoms with Gasteiger partial charge in [0.05, 0.1) is 5.75 Å². The minimum atomic E-state index is -3.89. The van der Waals surface area contributed by atoms with E-state index in [-0.39, 0.29) is 23.0 Å². The van der Waals surface area contributed by atoms with Crippen molar-refractivity contribution in [3.8, 4) is 0 Å². The summed E-state index contributed by atoms with van der Waals surface area (Å²) in [5.41, 5.74) is 2.91. The van der Waals surface area contributed by atoms with E-state index in [1.807, 2.05) is 18.2 Å². The SMILES string of the molecule is CC(=O)c1ccc2c(c1)C(C)(C)C(C)N2CCCCS(=O)(=O)O. The van der Waals surface area contributed by atoms with Gasteiger partial charge in [-0.25, -0.2) is 0 Å². The third-order valence-corrected chi connectivity index (χ3v) is 5.77. The Morgan fingerprint density at radius 2 is 1.96 bits per heavy atom. The molecular formula is C17H25NO4S. The molecule has 1 aliphatic heterocycles. The zero-order chi connectivity index (χ0) is 17.4. The topological polar surface area (TPSA) is 74.7 Å². The second kappa shape index (κ2) is 6.24. The van der Waals surface area contributed by atoms with Crippen LogP contribution in [0.25, 0.3) is 0 Å². The monoisotopic (exact) mass is 339 g/mol. The molecule has 0 aromatic heterocycles. The van der Waals surface area contributed by atoms with Gasteiger partial charge in [-0.3, -0.25) is 9.35 Å². The van der Waals surface area contributed by atoms with E-state index in [0.29, 0.717) is 12.8 Å². The number of carbonyl (C=O) groups excluding carboxylic acids is 1. The number of carbonyl (C=O) groups is 1. The van der Waals surface area contributed by atoms with Gasteiger partial charge in [-0.1, -0.05) is 13.8 Å². The molecule has 1 aromatic rings. The first-order valence-corrected chi connectivity index (χ1v) is 9.52. The van der Waals surface area contributed by atoms with Crippen molar-refractivity contribution in [2.24, 2.45) is 0 Å². The number of hydrogen-bond donors (Lipinski definition) is 1. The predicted octanol–water partition coefficient (Wildman–Crippen LogP) is 3.04. The Balaban J connectivity index is 2.19. The fraction of sp³-hybridized carbons (Fsp3) is 0.588. The Hall–Kier alpha value is -1.40. The summed E-state index contributed by atoms with van der Waals surface area (Å²) in [6.45, 7) is 8.78. The van der Waals surface area contributed by atoms with Crippen molar-refractivity contribution >= 4 is 21.6 Å². The van der Waals surface area contributed by atoms with Gasteiger partial charge in [0.15, 0.2) is 5.78 Å². The minimum Gasteiger partial charge on any atom is -0.368 e. The summed E-state index contributed by atoms with van der Waals surface area (Å²) < 4.78 is 30.4. The molecule has 0 bridgehead atoms. The summed E-state index contributed by atoms with van der Waals surface area (Å²) >= 11 is 0. The van der Waals surface area contributed by atoms with Gasteiger partial charge in [0, 0.05) is 29.3 Å². The molecule has 0 saturated carbocycles. The molecule has 1 unspecified atom stereocenters. The van der Waals surface area contributed by atoms with Gasteiger partial charge in [0.2, 0.25) is 0 Å². The molecule has 0 radical (unpaired) electrons.